The Labute approximate surface area is 129 Å². The number of hydrogen-bond acceptors (Lipinski definition) is 3. The van der Waals surface area contributed by atoms with Crippen molar-refractivity contribution in [3.05, 3.63) is 47.0 Å². The van der Waals surface area contributed by atoms with Gasteiger partial charge in [0.1, 0.15) is 0 Å². The van der Waals surface area contributed by atoms with Gasteiger partial charge in [0.15, 0.2) is 0 Å². The highest BCUT2D eigenvalue weighted by molar-refractivity contribution is 6.30. The van der Waals surface area contributed by atoms with Gasteiger partial charge in [0.05, 0.1) is 12.5 Å². The van der Waals surface area contributed by atoms with E-state index in [0.29, 0.717) is 18.0 Å². The maximum absolute atomic E-state index is 12.3. The fourth-order valence-electron chi connectivity index (χ4n) is 2.24. The molecule has 4 nitrogen and oxygen atoms in total. The lowest BCUT2D eigenvalue weighted by atomic mass is 9.95. The van der Waals surface area contributed by atoms with E-state index in [2.05, 4.69) is 10.1 Å². The average molecular weight is 308 g/mol. The first-order chi connectivity index (χ1) is 10.1. The van der Waals surface area contributed by atoms with E-state index in [9.17, 15) is 9.59 Å². The minimum atomic E-state index is -0.420. The fourth-order valence-corrected chi connectivity index (χ4v) is 2.43. The highest BCUT2D eigenvalue weighted by Crippen LogP contribution is 2.48. The summed E-state index contributed by atoms with van der Waals surface area (Å²) in [5, 5.41) is 3.56. The molecule has 0 bridgehead atoms. The second-order valence-electron chi connectivity index (χ2n) is 5.06. The number of esters is 1. The van der Waals surface area contributed by atoms with Gasteiger partial charge in [-0.1, -0.05) is 29.8 Å². The second-order valence-corrected chi connectivity index (χ2v) is 5.50. The van der Waals surface area contributed by atoms with Crippen molar-refractivity contribution in [2.45, 2.75) is 24.7 Å². The zero-order chi connectivity index (χ0) is 15.3. The van der Waals surface area contributed by atoms with Crippen molar-refractivity contribution in [3.63, 3.8) is 0 Å². The van der Waals surface area contributed by atoms with E-state index in [1.54, 1.807) is 12.1 Å². The van der Waals surface area contributed by atoms with Crippen molar-refractivity contribution < 1.29 is 14.3 Å². The molecule has 0 radical (unpaired) electrons. The Kier molecular flexibility index (Phi) is 5.02. The van der Waals surface area contributed by atoms with Crippen LogP contribution in [0.1, 0.15) is 24.8 Å². The third-order valence-electron chi connectivity index (χ3n) is 3.61. The predicted molar refractivity (Wildman–Crippen MR) is 81.1 cm³/mol. The molecule has 1 aliphatic rings. The monoisotopic (exact) mass is 307 g/mol. The van der Waals surface area contributed by atoms with Gasteiger partial charge >= 0.3 is 5.97 Å². The lowest BCUT2D eigenvalue weighted by Crippen LogP contribution is -2.35. The van der Waals surface area contributed by atoms with Crippen molar-refractivity contribution in [2.75, 3.05) is 13.7 Å². The Morgan fingerprint density at radius 2 is 2.19 bits per heavy atom. The maximum Gasteiger partial charge on any atom is 0.330 e. The van der Waals surface area contributed by atoms with Crippen LogP contribution in [0.5, 0.6) is 0 Å². The number of carbonyl (C=O) groups excluding carboxylic acids is 2. The average Bonchev–Trinajstić information content (AvgIpc) is 3.28. The Morgan fingerprint density at radius 3 is 2.81 bits per heavy atom. The number of halogens is 1. The van der Waals surface area contributed by atoms with E-state index < -0.39 is 5.41 Å². The van der Waals surface area contributed by atoms with E-state index >= 15 is 0 Å². The van der Waals surface area contributed by atoms with Gasteiger partial charge in [-0.2, -0.15) is 0 Å². The third-order valence-corrected chi connectivity index (χ3v) is 3.85. The van der Waals surface area contributed by atoms with Crippen LogP contribution >= 0.6 is 11.6 Å². The molecule has 1 aromatic carbocycles. The van der Waals surface area contributed by atoms with Gasteiger partial charge in [0.25, 0.3) is 0 Å². The van der Waals surface area contributed by atoms with Crippen LogP contribution in [-0.4, -0.2) is 25.5 Å². The summed E-state index contributed by atoms with van der Waals surface area (Å²) in [5.74, 6) is -0.366. The Bertz CT molecular complexity index is 564. The quantitative estimate of drug-likeness (QED) is 0.499. The summed E-state index contributed by atoms with van der Waals surface area (Å²) in [4.78, 5) is 23.2. The number of methoxy groups -OCH3 is 1. The van der Waals surface area contributed by atoms with E-state index in [-0.39, 0.29) is 11.9 Å². The molecule has 0 aliphatic heterocycles. The molecule has 0 heterocycles. The predicted octanol–water partition coefficient (Wildman–Crippen LogP) is 2.61. The van der Waals surface area contributed by atoms with E-state index in [0.717, 1.165) is 18.4 Å². The summed E-state index contributed by atoms with van der Waals surface area (Å²) in [6.45, 7) is 0.495. The SMILES string of the molecule is COC(=O)/C=C/CCNC(=O)C1(c2cccc(Cl)c2)CC1. The lowest BCUT2D eigenvalue weighted by molar-refractivity contribution is -0.134. The molecule has 1 aromatic rings. The molecule has 112 valence electrons. The summed E-state index contributed by atoms with van der Waals surface area (Å²) < 4.78 is 4.49. The van der Waals surface area contributed by atoms with Crippen molar-refractivity contribution in [1.82, 2.24) is 5.32 Å². The summed E-state index contributed by atoms with van der Waals surface area (Å²) >= 11 is 5.99. The van der Waals surface area contributed by atoms with Gasteiger partial charge in [0, 0.05) is 17.6 Å². The van der Waals surface area contributed by atoms with Crippen molar-refractivity contribution in [3.8, 4) is 0 Å². The lowest BCUT2D eigenvalue weighted by Gasteiger charge is -2.15. The van der Waals surface area contributed by atoms with Gasteiger partial charge in [-0.15, -0.1) is 0 Å². The Balaban J connectivity index is 1.86. The number of amides is 1. The summed E-state index contributed by atoms with van der Waals surface area (Å²) in [6, 6.07) is 7.46. The molecule has 0 spiro atoms. The van der Waals surface area contributed by atoms with E-state index in [1.807, 2.05) is 18.2 Å². The van der Waals surface area contributed by atoms with E-state index in [1.165, 1.54) is 13.2 Å². The second kappa shape index (κ2) is 6.76. The number of rotatable bonds is 6. The van der Waals surface area contributed by atoms with Crippen molar-refractivity contribution in [1.29, 1.82) is 0 Å². The molecule has 1 N–H and O–H groups in total. The van der Waals surface area contributed by atoms with Gasteiger partial charge < -0.3 is 10.1 Å². The fraction of sp³-hybridized carbons (Fsp3) is 0.375. The van der Waals surface area contributed by atoms with Gasteiger partial charge in [-0.25, -0.2) is 4.79 Å². The highest BCUT2D eigenvalue weighted by atomic mass is 35.5. The third kappa shape index (κ3) is 3.85. The molecule has 1 fully saturated rings. The van der Waals surface area contributed by atoms with Crippen LogP contribution in [-0.2, 0) is 19.7 Å². The number of nitrogens with one attached hydrogen (secondary N) is 1. The summed E-state index contributed by atoms with van der Waals surface area (Å²) in [6.07, 6.45) is 5.32. The molecule has 0 atom stereocenters. The van der Waals surface area contributed by atoms with Crippen LogP contribution < -0.4 is 5.32 Å². The van der Waals surface area contributed by atoms with Crippen LogP contribution in [0.15, 0.2) is 36.4 Å². The molecular weight excluding hydrogens is 290 g/mol. The minimum absolute atomic E-state index is 0.0243. The topological polar surface area (TPSA) is 55.4 Å². The number of carbonyl (C=O) groups is 2. The standard InChI is InChI=1S/C16H18ClNO3/c1-21-14(19)7-2-3-10-18-15(20)16(8-9-16)12-5-4-6-13(17)11-12/h2,4-7,11H,3,8-10H2,1H3,(H,18,20)/b7-2+. The molecule has 2 rings (SSSR count). The first-order valence-corrected chi connectivity index (χ1v) is 7.25. The first-order valence-electron chi connectivity index (χ1n) is 6.87. The van der Waals surface area contributed by atoms with Crippen LogP contribution in [0.4, 0.5) is 0 Å². The largest absolute Gasteiger partial charge is 0.466 e. The van der Waals surface area contributed by atoms with Crippen molar-refractivity contribution >= 4 is 23.5 Å². The van der Waals surface area contributed by atoms with Crippen LogP contribution in [0.25, 0.3) is 0 Å². The molecule has 0 unspecified atom stereocenters. The minimum Gasteiger partial charge on any atom is -0.466 e. The molecule has 1 aliphatic carbocycles. The normalized spacial score (nSPS) is 15.7. The van der Waals surface area contributed by atoms with Gasteiger partial charge in [-0.05, 0) is 37.0 Å². The molecule has 1 amide bonds. The summed E-state index contributed by atoms with van der Waals surface area (Å²) in [5.41, 5.74) is 0.550. The molecule has 21 heavy (non-hydrogen) atoms. The zero-order valence-corrected chi connectivity index (χ0v) is 12.7. The number of benzene rings is 1. The first kappa shape index (κ1) is 15.6. The Hall–Kier alpha value is -1.81. The number of ether oxygens (including phenoxy) is 1. The molecule has 1 saturated carbocycles. The smallest absolute Gasteiger partial charge is 0.330 e. The van der Waals surface area contributed by atoms with Crippen LogP contribution in [0.3, 0.4) is 0 Å². The summed E-state index contributed by atoms with van der Waals surface area (Å²) in [7, 11) is 1.33. The van der Waals surface area contributed by atoms with Gasteiger partial charge in [0.2, 0.25) is 5.91 Å². The van der Waals surface area contributed by atoms with Crippen molar-refractivity contribution in [2.24, 2.45) is 0 Å². The van der Waals surface area contributed by atoms with Gasteiger partial charge in [-0.3, -0.25) is 4.79 Å². The van der Waals surface area contributed by atoms with E-state index in [4.69, 9.17) is 11.6 Å². The molecule has 5 heteroatoms. The molecular formula is C16H18ClNO3. The molecule has 0 aromatic heterocycles. The molecule has 0 saturated heterocycles. The highest BCUT2D eigenvalue weighted by Gasteiger charge is 2.51. The van der Waals surface area contributed by atoms with Crippen LogP contribution in [0, 0.1) is 0 Å². The Morgan fingerprint density at radius 1 is 1.43 bits per heavy atom. The van der Waals surface area contributed by atoms with Crippen LogP contribution in [0.2, 0.25) is 5.02 Å². The maximum atomic E-state index is 12.3. The number of hydrogen-bond donors (Lipinski definition) is 1. The zero-order valence-electron chi connectivity index (χ0n) is 11.9.